The van der Waals surface area contributed by atoms with Gasteiger partial charge in [0.05, 0.1) is 11.9 Å². The number of anilines is 1. The van der Waals surface area contributed by atoms with Gasteiger partial charge >= 0.3 is 0 Å². The molecule has 2 heterocycles. The van der Waals surface area contributed by atoms with E-state index >= 15 is 0 Å². The first-order valence-electron chi connectivity index (χ1n) is 7.79. The third-order valence-electron chi connectivity index (χ3n) is 2.92. The highest BCUT2D eigenvalue weighted by atomic mass is 32.2. The van der Waals surface area contributed by atoms with Gasteiger partial charge in [0.1, 0.15) is 0 Å². The molecular weight excluding hydrogens is 362 g/mol. The van der Waals surface area contributed by atoms with Crippen molar-refractivity contribution in [2.75, 3.05) is 11.1 Å². The van der Waals surface area contributed by atoms with Crippen LogP contribution in [0.4, 0.5) is 5.13 Å². The molecule has 0 aliphatic heterocycles. The minimum absolute atomic E-state index is 0.0569. The molecule has 0 atom stereocenters. The van der Waals surface area contributed by atoms with Gasteiger partial charge in [0, 0.05) is 23.2 Å². The molecule has 1 N–H and O–H groups in total. The van der Waals surface area contributed by atoms with Gasteiger partial charge in [-0.1, -0.05) is 13.8 Å². The number of carbonyl (C=O) groups is 1. The molecule has 0 spiro atoms. The molecule has 2 aromatic heterocycles. The van der Waals surface area contributed by atoms with Crippen LogP contribution in [0.15, 0.2) is 28.7 Å². The fraction of sp³-hybridized carbons (Fsp3) is 0.438. The summed E-state index contributed by atoms with van der Waals surface area (Å²) in [7, 11) is -3.62. The van der Waals surface area contributed by atoms with E-state index in [1.54, 1.807) is 25.4 Å². The molecule has 136 valence electrons. The average molecular weight is 383 g/mol. The van der Waals surface area contributed by atoms with Crippen molar-refractivity contribution in [3.8, 4) is 5.88 Å². The highest BCUT2D eigenvalue weighted by Crippen LogP contribution is 2.21. The number of ether oxygens (including phenoxy) is 1. The van der Waals surface area contributed by atoms with Crippen molar-refractivity contribution in [3.63, 3.8) is 0 Å². The Morgan fingerprint density at radius 1 is 1.28 bits per heavy atom. The first-order chi connectivity index (χ1) is 11.7. The molecule has 1 amide bonds. The second-order valence-corrected chi connectivity index (χ2v) is 9.04. The molecule has 0 aromatic carbocycles. The number of sulfone groups is 1. The third-order valence-corrected chi connectivity index (χ3v) is 5.56. The summed E-state index contributed by atoms with van der Waals surface area (Å²) in [6, 6.07) is 2.70. The Morgan fingerprint density at radius 3 is 2.56 bits per heavy atom. The van der Waals surface area contributed by atoms with Gasteiger partial charge in [0.25, 0.3) is 5.91 Å². The number of thiazole rings is 1. The molecule has 25 heavy (non-hydrogen) atoms. The van der Waals surface area contributed by atoms with Gasteiger partial charge in [-0.3, -0.25) is 10.1 Å². The summed E-state index contributed by atoms with van der Waals surface area (Å²) >= 11 is 1.27. The number of pyridine rings is 1. The lowest BCUT2D eigenvalue weighted by Gasteiger charge is -2.13. The van der Waals surface area contributed by atoms with Gasteiger partial charge in [-0.15, -0.1) is 11.3 Å². The molecule has 0 radical (unpaired) electrons. The van der Waals surface area contributed by atoms with E-state index in [4.69, 9.17) is 4.74 Å². The zero-order chi connectivity index (χ0) is 18.6. The van der Waals surface area contributed by atoms with Gasteiger partial charge in [-0.05, 0) is 25.8 Å². The summed E-state index contributed by atoms with van der Waals surface area (Å²) in [4.78, 5) is 20.5. The SMILES string of the molecule is CC(C)CS(=O)(=O)c1cc(C(=O)Nc2nccs2)cc(OC(C)C)n1. The van der Waals surface area contributed by atoms with E-state index < -0.39 is 15.7 Å². The van der Waals surface area contributed by atoms with Gasteiger partial charge in [0.2, 0.25) is 5.88 Å². The Morgan fingerprint density at radius 2 is 2.00 bits per heavy atom. The fourth-order valence-electron chi connectivity index (χ4n) is 2.05. The number of aromatic nitrogens is 2. The Hall–Kier alpha value is -2.00. The monoisotopic (exact) mass is 383 g/mol. The van der Waals surface area contributed by atoms with Crippen LogP contribution in [0.3, 0.4) is 0 Å². The lowest BCUT2D eigenvalue weighted by molar-refractivity contribution is 0.102. The first-order valence-corrected chi connectivity index (χ1v) is 10.3. The van der Waals surface area contributed by atoms with Crippen LogP contribution in [0.5, 0.6) is 5.88 Å². The highest BCUT2D eigenvalue weighted by Gasteiger charge is 2.22. The lowest BCUT2D eigenvalue weighted by atomic mass is 10.2. The zero-order valence-corrected chi connectivity index (χ0v) is 16.1. The van der Waals surface area contributed by atoms with E-state index in [2.05, 4.69) is 15.3 Å². The maximum atomic E-state index is 12.5. The number of nitrogens with one attached hydrogen (secondary N) is 1. The summed E-state index contributed by atoms with van der Waals surface area (Å²) in [5, 5.41) is 4.63. The van der Waals surface area contributed by atoms with E-state index in [9.17, 15) is 13.2 Å². The van der Waals surface area contributed by atoms with Crippen LogP contribution in [-0.4, -0.2) is 36.1 Å². The molecule has 0 bridgehead atoms. The average Bonchev–Trinajstić information content (AvgIpc) is 2.97. The van der Waals surface area contributed by atoms with E-state index in [-0.39, 0.29) is 34.2 Å². The maximum absolute atomic E-state index is 12.5. The van der Waals surface area contributed by atoms with Crippen molar-refractivity contribution in [1.29, 1.82) is 0 Å². The summed E-state index contributed by atoms with van der Waals surface area (Å²) in [5.41, 5.74) is 0.156. The van der Waals surface area contributed by atoms with Crippen LogP contribution in [0.25, 0.3) is 0 Å². The Labute approximate surface area is 151 Å². The van der Waals surface area contributed by atoms with Gasteiger partial charge < -0.3 is 4.74 Å². The molecule has 0 saturated heterocycles. The Balaban J connectivity index is 2.41. The summed E-state index contributed by atoms with van der Waals surface area (Å²) < 4.78 is 30.5. The second kappa shape index (κ2) is 7.92. The van der Waals surface area contributed by atoms with Gasteiger partial charge in [-0.25, -0.2) is 18.4 Å². The summed E-state index contributed by atoms with van der Waals surface area (Å²) in [5.74, 6) is -0.483. The molecule has 2 aromatic rings. The standard InChI is InChI=1S/C16H21N3O4S2/c1-10(2)9-25(21,22)14-8-12(7-13(18-14)23-11(3)4)15(20)19-16-17-5-6-24-16/h5-8,10-11H,9H2,1-4H3,(H,17,19,20). The predicted molar refractivity (Wildman–Crippen MR) is 97.0 cm³/mol. The van der Waals surface area contributed by atoms with Gasteiger partial charge in [-0.2, -0.15) is 0 Å². The predicted octanol–water partition coefficient (Wildman–Crippen LogP) is 3.01. The van der Waals surface area contributed by atoms with Crippen molar-refractivity contribution in [1.82, 2.24) is 9.97 Å². The molecule has 0 aliphatic carbocycles. The summed E-state index contributed by atoms with van der Waals surface area (Å²) in [6.45, 7) is 7.21. The van der Waals surface area contributed by atoms with Crippen LogP contribution < -0.4 is 10.1 Å². The zero-order valence-electron chi connectivity index (χ0n) is 14.5. The molecule has 9 heteroatoms. The Bertz CT molecular complexity index is 831. The van der Waals surface area contributed by atoms with E-state index in [1.165, 1.54) is 23.5 Å². The lowest BCUT2D eigenvalue weighted by Crippen LogP contribution is -2.18. The van der Waals surface area contributed by atoms with E-state index in [0.717, 1.165) is 0 Å². The maximum Gasteiger partial charge on any atom is 0.257 e. The topological polar surface area (TPSA) is 98.2 Å². The molecule has 2 rings (SSSR count). The minimum Gasteiger partial charge on any atom is -0.475 e. The number of nitrogens with zero attached hydrogens (tertiary/aromatic N) is 2. The van der Waals surface area contributed by atoms with Gasteiger partial charge in [0.15, 0.2) is 20.0 Å². The molecule has 7 nitrogen and oxygen atoms in total. The van der Waals surface area contributed by atoms with Crippen molar-refractivity contribution in [2.45, 2.75) is 38.8 Å². The largest absolute Gasteiger partial charge is 0.475 e. The Kier molecular flexibility index (Phi) is 6.12. The van der Waals surface area contributed by atoms with Crippen LogP contribution >= 0.6 is 11.3 Å². The molecule has 0 unspecified atom stereocenters. The van der Waals surface area contributed by atoms with Crippen LogP contribution in [-0.2, 0) is 9.84 Å². The second-order valence-electron chi connectivity index (χ2n) is 6.17. The van der Waals surface area contributed by atoms with Crippen molar-refractivity contribution < 1.29 is 17.9 Å². The number of rotatable bonds is 7. The highest BCUT2D eigenvalue weighted by molar-refractivity contribution is 7.91. The quantitative estimate of drug-likeness (QED) is 0.789. The van der Waals surface area contributed by atoms with Crippen LogP contribution in [0.2, 0.25) is 0 Å². The number of hydrogen-bond acceptors (Lipinski definition) is 7. The number of amides is 1. The van der Waals surface area contributed by atoms with Crippen LogP contribution in [0, 0.1) is 5.92 Å². The minimum atomic E-state index is -3.62. The smallest absolute Gasteiger partial charge is 0.257 e. The molecule has 0 fully saturated rings. The molecule has 0 aliphatic rings. The van der Waals surface area contributed by atoms with Crippen molar-refractivity contribution in [2.24, 2.45) is 5.92 Å². The van der Waals surface area contributed by atoms with E-state index in [0.29, 0.717) is 5.13 Å². The first kappa shape index (κ1) is 19.3. The summed E-state index contributed by atoms with van der Waals surface area (Å²) in [6.07, 6.45) is 1.36. The van der Waals surface area contributed by atoms with E-state index in [1.807, 2.05) is 13.8 Å². The normalized spacial score (nSPS) is 11.8. The number of carbonyl (C=O) groups excluding carboxylic acids is 1. The van der Waals surface area contributed by atoms with Crippen molar-refractivity contribution >= 4 is 32.2 Å². The fourth-order valence-corrected chi connectivity index (χ4v) is 4.16. The van der Waals surface area contributed by atoms with Crippen LogP contribution in [0.1, 0.15) is 38.1 Å². The molecule has 0 saturated carbocycles. The number of hydrogen-bond donors (Lipinski definition) is 1. The third kappa shape index (κ3) is 5.50. The van der Waals surface area contributed by atoms with Crippen molar-refractivity contribution in [3.05, 3.63) is 29.3 Å². The molecular formula is C16H21N3O4S2.